The van der Waals surface area contributed by atoms with Gasteiger partial charge in [-0.2, -0.15) is 0 Å². The summed E-state index contributed by atoms with van der Waals surface area (Å²) in [6.45, 7) is 0.425. The van der Waals surface area contributed by atoms with E-state index in [-0.39, 0.29) is 17.2 Å². The lowest BCUT2D eigenvalue weighted by Gasteiger charge is -2.18. The van der Waals surface area contributed by atoms with Crippen molar-refractivity contribution in [2.45, 2.75) is 6.54 Å². The number of hydrogen-bond acceptors (Lipinski definition) is 3. The van der Waals surface area contributed by atoms with Gasteiger partial charge in [0, 0.05) is 18.6 Å². The second kappa shape index (κ2) is 6.50. The van der Waals surface area contributed by atoms with Gasteiger partial charge in [0.05, 0.1) is 12.7 Å². The van der Waals surface area contributed by atoms with Crippen LogP contribution in [-0.2, 0) is 6.54 Å². The van der Waals surface area contributed by atoms with Crippen molar-refractivity contribution >= 4 is 17.5 Å². The van der Waals surface area contributed by atoms with Crippen LogP contribution < -0.4 is 4.74 Å². The molecule has 2 aromatic carbocycles. The summed E-state index contributed by atoms with van der Waals surface area (Å²) < 4.78 is 5.09. The summed E-state index contributed by atoms with van der Waals surface area (Å²) in [5, 5.41) is 10.2. The molecule has 0 saturated heterocycles. The van der Waals surface area contributed by atoms with Crippen molar-refractivity contribution in [3.05, 3.63) is 58.6 Å². The van der Waals surface area contributed by atoms with Gasteiger partial charge in [0.25, 0.3) is 5.91 Å². The molecule has 0 fully saturated rings. The number of aromatic hydroxyl groups is 1. The Bertz CT molecular complexity index is 640. The zero-order valence-corrected chi connectivity index (χ0v) is 12.6. The van der Waals surface area contributed by atoms with E-state index in [9.17, 15) is 9.90 Å². The fraction of sp³-hybridized carbons (Fsp3) is 0.188. The highest BCUT2D eigenvalue weighted by Crippen LogP contribution is 2.23. The topological polar surface area (TPSA) is 49.8 Å². The van der Waals surface area contributed by atoms with Gasteiger partial charge in [-0.3, -0.25) is 4.79 Å². The Balaban J connectivity index is 2.13. The summed E-state index contributed by atoms with van der Waals surface area (Å²) in [6.07, 6.45) is 0. The molecule has 0 aliphatic carbocycles. The van der Waals surface area contributed by atoms with Gasteiger partial charge in [0.1, 0.15) is 11.5 Å². The lowest BCUT2D eigenvalue weighted by atomic mass is 10.1. The third kappa shape index (κ3) is 3.67. The molecule has 1 N–H and O–H groups in total. The molecule has 0 aliphatic rings. The van der Waals surface area contributed by atoms with E-state index < -0.39 is 0 Å². The van der Waals surface area contributed by atoms with Crippen molar-refractivity contribution in [2.24, 2.45) is 0 Å². The number of phenols is 1. The zero-order chi connectivity index (χ0) is 15.4. The molecule has 0 unspecified atom stereocenters. The number of ether oxygens (including phenoxy) is 1. The minimum atomic E-state index is -0.286. The molecule has 1 amide bonds. The third-order valence-electron chi connectivity index (χ3n) is 3.11. The number of hydrogen-bond donors (Lipinski definition) is 1. The minimum absolute atomic E-state index is 0.0778. The van der Waals surface area contributed by atoms with Gasteiger partial charge in [0.2, 0.25) is 0 Å². The lowest BCUT2D eigenvalue weighted by Crippen LogP contribution is -2.26. The van der Waals surface area contributed by atoms with Crippen molar-refractivity contribution in [3.63, 3.8) is 0 Å². The fourth-order valence-electron chi connectivity index (χ4n) is 1.96. The first-order valence-electron chi connectivity index (χ1n) is 6.38. The van der Waals surface area contributed by atoms with Crippen molar-refractivity contribution in [1.82, 2.24) is 4.90 Å². The van der Waals surface area contributed by atoms with Crippen molar-refractivity contribution in [2.75, 3.05) is 14.2 Å². The lowest BCUT2D eigenvalue weighted by molar-refractivity contribution is 0.0782. The SMILES string of the molecule is COc1ccc(CN(C)C(=O)c2cc(Cl)ccc2O)cc1. The Kier molecular flexibility index (Phi) is 4.70. The number of amides is 1. The van der Waals surface area contributed by atoms with Crippen molar-refractivity contribution < 1.29 is 14.6 Å². The average Bonchev–Trinajstić information content (AvgIpc) is 2.49. The van der Waals surface area contributed by atoms with Crippen LogP contribution in [0.2, 0.25) is 5.02 Å². The quantitative estimate of drug-likeness (QED) is 0.942. The molecular weight excluding hydrogens is 290 g/mol. The number of phenolic OH excluding ortho intramolecular Hbond substituents is 1. The number of rotatable bonds is 4. The molecule has 0 aliphatic heterocycles. The predicted octanol–water partition coefficient (Wildman–Crippen LogP) is 3.33. The van der Waals surface area contributed by atoms with E-state index in [1.807, 2.05) is 24.3 Å². The first-order chi connectivity index (χ1) is 10.0. The molecule has 110 valence electrons. The number of carbonyl (C=O) groups excluding carboxylic acids is 1. The maximum absolute atomic E-state index is 12.3. The van der Waals surface area contributed by atoms with E-state index in [1.54, 1.807) is 14.2 Å². The number of nitrogens with zero attached hydrogens (tertiary/aromatic N) is 1. The number of benzene rings is 2. The minimum Gasteiger partial charge on any atom is -0.507 e. The Morgan fingerprint density at radius 3 is 2.52 bits per heavy atom. The molecule has 0 saturated carbocycles. The van der Waals surface area contributed by atoms with E-state index in [2.05, 4.69) is 0 Å². The highest BCUT2D eigenvalue weighted by atomic mass is 35.5. The van der Waals surface area contributed by atoms with Crippen LogP contribution in [0.15, 0.2) is 42.5 Å². The zero-order valence-electron chi connectivity index (χ0n) is 11.8. The molecular formula is C16H16ClNO3. The summed E-state index contributed by atoms with van der Waals surface area (Å²) >= 11 is 5.86. The summed E-state index contributed by atoms with van der Waals surface area (Å²) in [7, 11) is 3.28. The van der Waals surface area contributed by atoms with Crippen LogP contribution >= 0.6 is 11.6 Å². The Labute approximate surface area is 128 Å². The molecule has 0 aromatic heterocycles. The van der Waals surface area contributed by atoms with E-state index in [4.69, 9.17) is 16.3 Å². The van der Waals surface area contributed by atoms with E-state index >= 15 is 0 Å². The summed E-state index contributed by atoms with van der Waals surface area (Å²) in [4.78, 5) is 13.8. The molecule has 0 radical (unpaired) electrons. The molecule has 2 aromatic rings. The monoisotopic (exact) mass is 305 g/mol. The first-order valence-corrected chi connectivity index (χ1v) is 6.76. The second-order valence-electron chi connectivity index (χ2n) is 4.67. The molecule has 2 rings (SSSR count). The van der Waals surface area contributed by atoms with E-state index in [0.29, 0.717) is 11.6 Å². The number of methoxy groups -OCH3 is 1. The van der Waals surface area contributed by atoms with Crippen molar-refractivity contribution in [3.8, 4) is 11.5 Å². The number of carbonyl (C=O) groups is 1. The summed E-state index contributed by atoms with van der Waals surface area (Å²) in [6, 6.07) is 11.9. The highest BCUT2D eigenvalue weighted by Gasteiger charge is 2.16. The first kappa shape index (κ1) is 15.2. The van der Waals surface area contributed by atoms with E-state index in [1.165, 1.54) is 23.1 Å². The predicted molar refractivity (Wildman–Crippen MR) is 81.9 cm³/mol. The highest BCUT2D eigenvalue weighted by molar-refractivity contribution is 6.31. The maximum Gasteiger partial charge on any atom is 0.257 e. The smallest absolute Gasteiger partial charge is 0.257 e. The van der Waals surface area contributed by atoms with Crippen LogP contribution in [-0.4, -0.2) is 30.1 Å². The molecule has 5 heteroatoms. The van der Waals surface area contributed by atoms with E-state index in [0.717, 1.165) is 11.3 Å². The molecule has 0 spiro atoms. The molecule has 0 heterocycles. The van der Waals surface area contributed by atoms with Crippen LogP contribution in [0, 0.1) is 0 Å². The second-order valence-corrected chi connectivity index (χ2v) is 5.11. The van der Waals surface area contributed by atoms with Crippen LogP contribution in [0.1, 0.15) is 15.9 Å². The van der Waals surface area contributed by atoms with Crippen molar-refractivity contribution in [1.29, 1.82) is 0 Å². The third-order valence-corrected chi connectivity index (χ3v) is 3.35. The molecule has 0 atom stereocenters. The van der Waals surface area contributed by atoms with Gasteiger partial charge in [-0.25, -0.2) is 0 Å². The molecule has 4 nitrogen and oxygen atoms in total. The van der Waals surface area contributed by atoms with Gasteiger partial charge >= 0.3 is 0 Å². The standard InChI is InChI=1S/C16H16ClNO3/c1-18(10-11-3-6-13(21-2)7-4-11)16(20)14-9-12(17)5-8-15(14)19/h3-9,19H,10H2,1-2H3. The molecule has 0 bridgehead atoms. The van der Waals surface area contributed by atoms with Crippen LogP contribution in [0.25, 0.3) is 0 Å². The van der Waals surface area contributed by atoms with Gasteiger partial charge in [-0.1, -0.05) is 23.7 Å². The Morgan fingerprint density at radius 1 is 1.24 bits per heavy atom. The summed E-state index contributed by atoms with van der Waals surface area (Å²) in [5.74, 6) is 0.400. The summed E-state index contributed by atoms with van der Waals surface area (Å²) in [5.41, 5.74) is 1.16. The normalized spacial score (nSPS) is 10.2. The Morgan fingerprint density at radius 2 is 1.90 bits per heavy atom. The Hall–Kier alpha value is -2.20. The molecule has 21 heavy (non-hydrogen) atoms. The largest absolute Gasteiger partial charge is 0.507 e. The number of halogens is 1. The van der Waals surface area contributed by atoms with Gasteiger partial charge < -0.3 is 14.7 Å². The van der Waals surface area contributed by atoms with Gasteiger partial charge in [0.15, 0.2) is 0 Å². The fourth-order valence-corrected chi connectivity index (χ4v) is 2.13. The van der Waals surface area contributed by atoms with Crippen LogP contribution in [0.3, 0.4) is 0 Å². The van der Waals surface area contributed by atoms with Crippen LogP contribution in [0.5, 0.6) is 11.5 Å². The van der Waals surface area contributed by atoms with Crippen LogP contribution in [0.4, 0.5) is 0 Å². The van der Waals surface area contributed by atoms with Gasteiger partial charge in [-0.15, -0.1) is 0 Å². The van der Waals surface area contributed by atoms with Gasteiger partial charge in [-0.05, 0) is 35.9 Å². The average molecular weight is 306 g/mol. The maximum atomic E-state index is 12.3.